The zero-order chi connectivity index (χ0) is 12.8. The number of hydrogen-bond acceptors (Lipinski definition) is 5. The first-order chi connectivity index (χ1) is 7.33. The SMILES string of the molecule is CCC(C)(C)C(=O)OCC(CO)OC(C)=O. The lowest BCUT2D eigenvalue weighted by atomic mass is 9.91. The van der Waals surface area contributed by atoms with E-state index in [1.807, 2.05) is 6.92 Å². The Bertz CT molecular complexity index is 247. The fourth-order valence-corrected chi connectivity index (χ4v) is 0.867. The Labute approximate surface area is 95.7 Å². The Hall–Kier alpha value is -1.10. The van der Waals surface area contributed by atoms with E-state index < -0.39 is 17.5 Å². The van der Waals surface area contributed by atoms with Gasteiger partial charge in [-0.15, -0.1) is 0 Å². The summed E-state index contributed by atoms with van der Waals surface area (Å²) in [6.45, 7) is 6.19. The molecule has 94 valence electrons. The first-order valence-electron chi connectivity index (χ1n) is 5.28. The van der Waals surface area contributed by atoms with Crippen molar-refractivity contribution >= 4 is 11.9 Å². The molecule has 1 unspecified atom stereocenters. The van der Waals surface area contributed by atoms with Gasteiger partial charge < -0.3 is 14.6 Å². The lowest BCUT2D eigenvalue weighted by molar-refractivity contribution is -0.165. The number of carbonyl (C=O) groups is 2. The summed E-state index contributed by atoms with van der Waals surface area (Å²) < 4.78 is 9.71. The monoisotopic (exact) mass is 232 g/mol. The molecule has 0 spiro atoms. The van der Waals surface area contributed by atoms with E-state index in [0.29, 0.717) is 6.42 Å². The number of carbonyl (C=O) groups excluding carboxylic acids is 2. The third-order valence-corrected chi connectivity index (χ3v) is 2.37. The second-order valence-corrected chi connectivity index (χ2v) is 4.25. The van der Waals surface area contributed by atoms with Gasteiger partial charge in [0.2, 0.25) is 0 Å². The lowest BCUT2D eigenvalue weighted by Gasteiger charge is -2.22. The molecule has 0 saturated carbocycles. The molecule has 0 bridgehead atoms. The van der Waals surface area contributed by atoms with E-state index in [1.54, 1.807) is 13.8 Å². The highest BCUT2D eigenvalue weighted by molar-refractivity contribution is 5.75. The van der Waals surface area contributed by atoms with Crippen LogP contribution in [0.4, 0.5) is 0 Å². The zero-order valence-electron chi connectivity index (χ0n) is 10.3. The third kappa shape index (κ3) is 5.11. The Morgan fingerprint density at radius 1 is 1.38 bits per heavy atom. The molecule has 0 aliphatic heterocycles. The summed E-state index contributed by atoms with van der Waals surface area (Å²) in [4.78, 5) is 22.2. The molecule has 0 aliphatic carbocycles. The van der Waals surface area contributed by atoms with Gasteiger partial charge in [-0.2, -0.15) is 0 Å². The zero-order valence-corrected chi connectivity index (χ0v) is 10.3. The van der Waals surface area contributed by atoms with Crippen LogP contribution in [0.25, 0.3) is 0 Å². The molecule has 0 radical (unpaired) electrons. The molecule has 1 N–H and O–H groups in total. The molecular weight excluding hydrogens is 212 g/mol. The Morgan fingerprint density at radius 3 is 2.31 bits per heavy atom. The van der Waals surface area contributed by atoms with Crippen molar-refractivity contribution < 1.29 is 24.2 Å². The first kappa shape index (κ1) is 14.9. The Morgan fingerprint density at radius 2 is 1.94 bits per heavy atom. The van der Waals surface area contributed by atoms with Gasteiger partial charge in [0.1, 0.15) is 6.61 Å². The van der Waals surface area contributed by atoms with E-state index in [1.165, 1.54) is 6.92 Å². The topological polar surface area (TPSA) is 72.8 Å². The van der Waals surface area contributed by atoms with Crippen molar-refractivity contribution in [2.24, 2.45) is 5.41 Å². The molecule has 16 heavy (non-hydrogen) atoms. The van der Waals surface area contributed by atoms with Crippen molar-refractivity contribution in [2.45, 2.75) is 40.2 Å². The summed E-state index contributed by atoms with van der Waals surface area (Å²) >= 11 is 0. The van der Waals surface area contributed by atoms with E-state index >= 15 is 0 Å². The Kier molecular flexibility index (Phi) is 6.03. The van der Waals surface area contributed by atoms with Gasteiger partial charge in [-0.05, 0) is 20.3 Å². The molecule has 5 nitrogen and oxygen atoms in total. The molecule has 0 aromatic carbocycles. The quantitative estimate of drug-likeness (QED) is 0.688. The van der Waals surface area contributed by atoms with Gasteiger partial charge in [-0.3, -0.25) is 9.59 Å². The maximum atomic E-state index is 11.6. The van der Waals surface area contributed by atoms with Gasteiger partial charge in [0.05, 0.1) is 12.0 Å². The van der Waals surface area contributed by atoms with Crippen LogP contribution in [0.2, 0.25) is 0 Å². The minimum atomic E-state index is -0.783. The third-order valence-electron chi connectivity index (χ3n) is 2.37. The van der Waals surface area contributed by atoms with Crippen LogP contribution in [0, 0.1) is 5.41 Å². The fraction of sp³-hybridized carbons (Fsp3) is 0.818. The maximum absolute atomic E-state index is 11.6. The minimum Gasteiger partial charge on any atom is -0.461 e. The number of ether oxygens (including phenoxy) is 2. The predicted molar refractivity (Wildman–Crippen MR) is 57.7 cm³/mol. The number of aliphatic hydroxyl groups is 1. The fourth-order valence-electron chi connectivity index (χ4n) is 0.867. The minimum absolute atomic E-state index is 0.113. The molecule has 0 heterocycles. The average molecular weight is 232 g/mol. The summed E-state index contributed by atoms with van der Waals surface area (Å²) in [5, 5.41) is 8.88. The van der Waals surface area contributed by atoms with Gasteiger partial charge >= 0.3 is 11.9 Å². The predicted octanol–water partition coefficient (Wildman–Crippen LogP) is 0.890. The molecule has 0 amide bonds. The van der Waals surface area contributed by atoms with E-state index in [2.05, 4.69) is 0 Å². The van der Waals surface area contributed by atoms with E-state index in [0.717, 1.165) is 0 Å². The van der Waals surface area contributed by atoms with Crippen LogP contribution in [0.1, 0.15) is 34.1 Å². The van der Waals surface area contributed by atoms with Gasteiger partial charge in [-0.1, -0.05) is 6.92 Å². The van der Waals surface area contributed by atoms with Gasteiger partial charge in [-0.25, -0.2) is 0 Å². The number of aliphatic hydroxyl groups excluding tert-OH is 1. The number of rotatable bonds is 6. The highest BCUT2D eigenvalue weighted by Gasteiger charge is 2.28. The van der Waals surface area contributed by atoms with Crippen LogP contribution in [0.15, 0.2) is 0 Å². The smallest absolute Gasteiger partial charge is 0.311 e. The second kappa shape index (κ2) is 6.48. The molecule has 0 fully saturated rings. The van der Waals surface area contributed by atoms with Crippen molar-refractivity contribution in [1.29, 1.82) is 0 Å². The highest BCUT2D eigenvalue weighted by atomic mass is 16.6. The van der Waals surface area contributed by atoms with Gasteiger partial charge in [0.25, 0.3) is 0 Å². The normalized spacial score (nSPS) is 13.1. The van der Waals surface area contributed by atoms with Gasteiger partial charge in [0.15, 0.2) is 6.10 Å². The van der Waals surface area contributed by atoms with Crippen LogP contribution in [0.5, 0.6) is 0 Å². The highest BCUT2D eigenvalue weighted by Crippen LogP contribution is 2.21. The molecule has 0 saturated heterocycles. The average Bonchev–Trinajstić information content (AvgIpc) is 2.22. The first-order valence-corrected chi connectivity index (χ1v) is 5.28. The van der Waals surface area contributed by atoms with Crippen LogP contribution in [0.3, 0.4) is 0 Å². The van der Waals surface area contributed by atoms with E-state index in [9.17, 15) is 9.59 Å². The summed E-state index contributed by atoms with van der Waals surface area (Å²) in [6.07, 6.45) is -0.127. The molecule has 5 heteroatoms. The second-order valence-electron chi connectivity index (χ2n) is 4.25. The van der Waals surface area contributed by atoms with Crippen molar-refractivity contribution in [3.8, 4) is 0 Å². The van der Waals surface area contributed by atoms with Crippen LogP contribution < -0.4 is 0 Å². The maximum Gasteiger partial charge on any atom is 0.311 e. The summed E-state index contributed by atoms with van der Waals surface area (Å²) in [7, 11) is 0. The standard InChI is InChI=1S/C11H20O5/c1-5-11(3,4)10(14)15-7-9(6-12)16-8(2)13/h9,12H,5-7H2,1-4H3. The molecule has 1 atom stereocenters. The van der Waals surface area contributed by atoms with E-state index in [4.69, 9.17) is 14.6 Å². The number of hydrogen-bond donors (Lipinski definition) is 1. The summed E-state index contributed by atoms with van der Waals surface area (Å²) in [5.41, 5.74) is -0.559. The van der Waals surface area contributed by atoms with E-state index in [-0.39, 0.29) is 19.2 Å². The molecule has 0 aromatic rings. The van der Waals surface area contributed by atoms with Crippen molar-refractivity contribution in [1.82, 2.24) is 0 Å². The molecular formula is C11H20O5. The number of esters is 2. The summed E-state index contributed by atoms with van der Waals surface area (Å²) in [5.74, 6) is -0.870. The van der Waals surface area contributed by atoms with Crippen molar-refractivity contribution in [3.05, 3.63) is 0 Å². The molecule has 0 aliphatic rings. The van der Waals surface area contributed by atoms with Crippen molar-refractivity contribution in [2.75, 3.05) is 13.2 Å². The molecule has 0 aromatic heterocycles. The summed E-state index contributed by atoms with van der Waals surface area (Å²) in [6, 6.07) is 0. The van der Waals surface area contributed by atoms with Crippen molar-refractivity contribution in [3.63, 3.8) is 0 Å². The Balaban J connectivity index is 4.12. The van der Waals surface area contributed by atoms with Crippen LogP contribution >= 0.6 is 0 Å². The van der Waals surface area contributed by atoms with Crippen LogP contribution in [-0.2, 0) is 19.1 Å². The van der Waals surface area contributed by atoms with Crippen LogP contribution in [-0.4, -0.2) is 36.4 Å². The van der Waals surface area contributed by atoms with Gasteiger partial charge in [0, 0.05) is 6.92 Å². The lowest BCUT2D eigenvalue weighted by Crippen LogP contribution is -2.32. The molecule has 0 rings (SSSR count). The largest absolute Gasteiger partial charge is 0.461 e.